The van der Waals surface area contributed by atoms with Crippen LogP contribution in [0, 0.1) is 0 Å². The molecule has 1 aliphatic heterocycles. The van der Waals surface area contributed by atoms with Crippen LogP contribution in [-0.4, -0.2) is 47.3 Å². The summed E-state index contributed by atoms with van der Waals surface area (Å²) in [5.41, 5.74) is 2.83. The lowest BCUT2D eigenvalue weighted by atomic mass is 9.99. The Labute approximate surface area is 233 Å². The number of rotatable bonds is 11. The molecule has 0 saturated carbocycles. The first-order chi connectivity index (χ1) is 19.3. The first-order valence-corrected chi connectivity index (χ1v) is 13.0. The maximum absolute atomic E-state index is 13.7. The number of nitrogens with one attached hydrogen (secondary N) is 1. The van der Waals surface area contributed by atoms with Gasteiger partial charge in [-0.25, -0.2) is 4.79 Å². The van der Waals surface area contributed by atoms with Gasteiger partial charge in [0.15, 0.2) is 24.2 Å². The van der Waals surface area contributed by atoms with Gasteiger partial charge in [-0.1, -0.05) is 91.0 Å². The van der Waals surface area contributed by atoms with E-state index in [0.717, 1.165) is 16.7 Å². The van der Waals surface area contributed by atoms with Crippen LogP contribution in [0.15, 0.2) is 102 Å². The Hall–Kier alpha value is -4.56. The van der Waals surface area contributed by atoms with Crippen molar-refractivity contribution in [2.75, 3.05) is 6.61 Å². The zero-order valence-corrected chi connectivity index (χ0v) is 22.7. The van der Waals surface area contributed by atoms with E-state index in [1.54, 1.807) is 13.8 Å². The highest BCUT2D eigenvalue weighted by atomic mass is 16.5. The number of allylic oxidation sites excluding steroid dienone is 1. The molecule has 1 fully saturated rings. The van der Waals surface area contributed by atoms with Gasteiger partial charge in [0, 0.05) is 0 Å². The molecule has 4 rings (SSSR count). The Morgan fingerprint density at radius 2 is 1.35 bits per heavy atom. The van der Waals surface area contributed by atoms with E-state index in [2.05, 4.69) is 5.32 Å². The minimum absolute atomic E-state index is 0.00368. The number of likely N-dealkylation sites (tertiary alicyclic amines) is 1. The topological polar surface area (TPSA) is 102 Å². The monoisotopic (exact) mass is 540 g/mol. The molecule has 8 heteroatoms. The van der Waals surface area contributed by atoms with Crippen molar-refractivity contribution in [1.82, 2.24) is 10.2 Å². The van der Waals surface area contributed by atoms with Gasteiger partial charge in [-0.05, 0) is 43.0 Å². The Balaban J connectivity index is 1.57. The number of hydrogen-bond acceptors (Lipinski definition) is 6. The molecule has 0 aliphatic carbocycles. The third kappa shape index (κ3) is 6.71. The van der Waals surface area contributed by atoms with Crippen LogP contribution in [0.4, 0.5) is 0 Å². The second-order valence-corrected chi connectivity index (χ2v) is 9.77. The predicted molar refractivity (Wildman–Crippen MR) is 149 cm³/mol. The van der Waals surface area contributed by atoms with Crippen LogP contribution in [0.2, 0.25) is 0 Å². The second kappa shape index (κ2) is 13.0. The Morgan fingerprint density at radius 1 is 0.825 bits per heavy atom. The number of benzene rings is 3. The van der Waals surface area contributed by atoms with E-state index in [0.29, 0.717) is 5.57 Å². The Kier molecular flexibility index (Phi) is 9.24. The molecule has 0 unspecified atom stereocenters. The number of β-lactam (4-membered cyclic amide) rings is 1. The van der Waals surface area contributed by atoms with Gasteiger partial charge in [0.1, 0.15) is 12.3 Å². The number of nitrogens with zero attached hydrogens (tertiary/aromatic N) is 1. The molecule has 2 amide bonds. The molecule has 0 bridgehead atoms. The number of carbonyl (C=O) groups excluding carboxylic acids is 4. The van der Waals surface area contributed by atoms with Crippen LogP contribution in [0.1, 0.15) is 43.6 Å². The maximum atomic E-state index is 13.7. The lowest BCUT2D eigenvalue weighted by molar-refractivity contribution is -0.183. The van der Waals surface area contributed by atoms with E-state index in [4.69, 9.17) is 9.47 Å². The van der Waals surface area contributed by atoms with Crippen molar-refractivity contribution in [3.05, 3.63) is 119 Å². The summed E-state index contributed by atoms with van der Waals surface area (Å²) in [7, 11) is 0. The highest BCUT2D eigenvalue weighted by molar-refractivity contribution is 6.01. The van der Waals surface area contributed by atoms with Crippen molar-refractivity contribution in [2.45, 2.75) is 45.6 Å². The van der Waals surface area contributed by atoms with E-state index in [9.17, 15) is 19.2 Å². The fourth-order valence-electron chi connectivity index (χ4n) is 4.50. The van der Waals surface area contributed by atoms with Gasteiger partial charge < -0.3 is 14.8 Å². The number of esters is 1. The minimum atomic E-state index is -1.06. The summed E-state index contributed by atoms with van der Waals surface area (Å²) in [5.74, 6) is -1.89. The number of carbonyl (C=O) groups is 4. The number of Topliss-reactive ketones (excluding diaryl/α,β-unsaturated/α-hetero) is 1. The summed E-state index contributed by atoms with van der Waals surface area (Å²) in [6.45, 7) is 4.44. The fraction of sp³-hybridized carbons (Fsp3) is 0.250. The summed E-state index contributed by atoms with van der Waals surface area (Å²) in [5, 5.41) is 2.70. The average Bonchev–Trinajstić information content (AvgIpc) is 2.95. The van der Waals surface area contributed by atoms with Gasteiger partial charge in [-0.15, -0.1) is 0 Å². The van der Waals surface area contributed by atoms with E-state index in [1.807, 2.05) is 91.0 Å². The molecule has 1 aliphatic rings. The fourth-order valence-corrected chi connectivity index (χ4v) is 4.50. The molecule has 206 valence electrons. The van der Waals surface area contributed by atoms with Crippen molar-refractivity contribution in [3.63, 3.8) is 0 Å². The van der Waals surface area contributed by atoms with Crippen molar-refractivity contribution in [2.24, 2.45) is 0 Å². The van der Waals surface area contributed by atoms with E-state index in [-0.39, 0.29) is 30.4 Å². The van der Waals surface area contributed by atoms with Crippen LogP contribution in [0.25, 0.3) is 0 Å². The second-order valence-electron chi connectivity index (χ2n) is 9.77. The van der Waals surface area contributed by atoms with Gasteiger partial charge in [0.25, 0.3) is 5.91 Å². The van der Waals surface area contributed by atoms with E-state index >= 15 is 0 Å². The smallest absolute Gasteiger partial charge is 0.356 e. The van der Waals surface area contributed by atoms with Crippen LogP contribution >= 0.6 is 0 Å². The number of ketones is 1. The van der Waals surface area contributed by atoms with Crippen LogP contribution in [0.3, 0.4) is 0 Å². The molecule has 2 atom stereocenters. The number of amides is 2. The molecule has 3 aromatic rings. The van der Waals surface area contributed by atoms with Gasteiger partial charge in [0.05, 0.1) is 6.42 Å². The van der Waals surface area contributed by atoms with E-state index < -0.39 is 30.3 Å². The van der Waals surface area contributed by atoms with Gasteiger partial charge >= 0.3 is 5.97 Å². The quantitative estimate of drug-likeness (QED) is 0.223. The number of ether oxygens (including phenoxy) is 2. The van der Waals surface area contributed by atoms with Crippen LogP contribution in [0.5, 0.6) is 0 Å². The lowest BCUT2D eigenvalue weighted by Gasteiger charge is -2.47. The summed E-state index contributed by atoms with van der Waals surface area (Å²) < 4.78 is 11.8. The van der Waals surface area contributed by atoms with E-state index in [1.165, 1.54) is 11.8 Å². The predicted octanol–water partition coefficient (Wildman–Crippen LogP) is 4.11. The summed E-state index contributed by atoms with van der Waals surface area (Å²) in [6.07, 6.45) is -1.71. The highest BCUT2D eigenvalue weighted by Crippen LogP contribution is 2.32. The molecule has 1 heterocycles. The molecule has 1 saturated heterocycles. The largest absolute Gasteiger partial charge is 0.448 e. The third-order valence-corrected chi connectivity index (χ3v) is 6.36. The Morgan fingerprint density at radius 3 is 1.85 bits per heavy atom. The van der Waals surface area contributed by atoms with Crippen LogP contribution in [-0.2, 0) is 35.1 Å². The maximum Gasteiger partial charge on any atom is 0.356 e. The van der Waals surface area contributed by atoms with Crippen molar-refractivity contribution >= 4 is 23.6 Å². The minimum Gasteiger partial charge on any atom is -0.448 e. The molecule has 8 nitrogen and oxygen atoms in total. The SMILES string of the molecule is CC(=O)CO[C@H]1[C@@H](NC(=O)Cc2ccccc2)C(=O)N1C(C(=O)OC(c1ccccc1)c1ccccc1)=C(C)C. The molecular weight excluding hydrogens is 508 g/mol. The summed E-state index contributed by atoms with van der Waals surface area (Å²) in [6, 6.07) is 26.7. The Bertz CT molecular complexity index is 1350. The first-order valence-electron chi connectivity index (χ1n) is 13.0. The summed E-state index contributed by atoms with van der Waals surface area (Å²) >= 11 is 0. The number of hydrogen-bond donors (Lipinski definition) is 1. The van der Waals surface area contributed by atoms with Crippen molar-refractivity contribution < 1.29 is 28.7 Å². The lowest BCUT2D eigenvalue weighted by Crippen LogP contribution is -2.72. The van der Waals surface area contributed by atoms with Gasteiger partial charge in [0.2, 0.25) is 5.91 Å². The molecule has 40 heavy (non-hydrogen) atoms. The normalized spacial score (nSPS) is 16.2. The zero-order chi connectivity index (χ0) is 28.6. The van der Waals surface area contributed by atoms with Crippen molar-refractivity contribution in [3.8, 4) is 0 Å². The standard InChI is InChI=1S/C32H32N2O6/c1-21(2)28(32(38)40-29(24-15-9-5-10-16-24)25-17-11-6-12-18-25)34-30(37)27(31(34)39-20-22(3)35)33-26(36)19-23-13-7-4-8-14-23/h4-18,27,29,31H,19-20H2,1-3H3,(H,33,36)/t27-,31-/m0/s1. The molecular formula is C32H32N2O6. The molecule has 3 aromatic carbocycles. The van der Waals surface area contributed by atoms with Crippen LogP contribution < -0.4 is 5.32 Å². The third-order valence-electron chi connectivity index (χ3n) is 6.36. The average molecular weight is 541 g/mol. The van der Waals surface area contributed by atoms with Gasteiger partial charge in [-0.3, -0.25) is 19.3 Å². The molecule has 0 spiro atoms. The van der Waals surface area contributed by atoms with Crippen molar-refractivity contribution in [1.29, 1.82) is 0 Å². The highest BCUT2D eigenvalue weighted by Gasteiger charge is 2.53. The molecule has 0 aromatic heterocycles. The first kappa shape index (κ1) is 28.4. The molecule has 1 N–H and O–H groups in total. The zero-order valence-electron chi connectivity index (χ0n) is 22.7. The summed E-state index contributed by atoms with van der Waals surface area (Å²) in [4.78, 5) is 52.7. The van der Waals surface area contributed by atoms with Gasteiger partial charge in [-0.2, -0.15) is 0 Å². The molecule has 0 radical (unpaired) electrons.